The van der Waals surface area contributed by atoms with Crippen LogP contribution in [-0.2, 0) is 19.6 Å². The summed E-state index contributed by atoms with van der Waals surface area (Å²) in [6, 6.07) is 0.0307. The van der Waals surface area contributed by atoms with Crippen molar-refractivity contribution in [1.82, 2.24) is 9.62 Å². The Balaban J connectivity index is 4.07. The first-order valence-corrected chi connectivity index (χ1v) is 8.89. The van der Waals surface area contributed by atoms with E-state index in [1.807, 2.05) is 13.8 Å². The van der Waals surface area contributed by atoms with Crippen LogP contribution in [0.5, 0.6) is 0 Å². The minimum absolute atomic E-state index is 0.0307. The van der Waals surface area contributed by atoms with Gasteiger partial charge >= 0.3 is 0 Å². The second kappa shape index (κ2) is 10.1. The van der Waals surface area contributed by atoms with Crippen LogP contribution in [0, 0.1) is 5.92 Å². The van der Waals surface area contributed by atoms with Gasteiger partial charge in [0.25, 0.3) is 0 Å². The van der Waals surface area contributed by atoms with Crippen molar-refractivity contribution in [3.63, 3.8) is 0 Å². The molecule has 1 atom stereocenters. The molecular formula is C13H29N3O4S. The Hall–Kier alpha value is -0.700. The van der Waals surface area contributed by atoms with Gasteiger partial charge in [-0.25, -0.2) is 13.1 Å². The van der Waals surface area contributed by atoms with E-state index in [-0.39, 0.29) is 30.9 Å². The number of hydrogen-bond donors (Lipinski definition) is 2. The van der Waals surface area contributed by atoms with Crippen molar-refractivity contribution in [2.24, 2.45) is 11.7 Å². The zero-order chi connectivity index (χ0) is 16.5. The number of likely N-dealkylation sites (N-methyl/N-ethyl adjacent to an activating group) is 1. The van der Waals surface area contributed by atoms with Crippen LogP contribution in [-0.4, -0.2) is 64.4 Å². The Kier molecular flexibility index (Phi) is 9.76. The molecule has 7 nitrogen and oxygen atoms in total. The fraction of sp³-hybridized carbons (Fsp3) is 0.923. The summed E-state index contributed by atoms with van der Waals surface area (Å²) in [7, 11) is -1.83. The summed E-state index contributed by atoms with van der Waals surface area (Å²) in [5, 5.41) is 0. The van der Waals surface area contributed by atoms with Gasteiger partial charge in [0.2, 0.25) is 15.9 Å². The molecule has 0 aromatic carbocycles. The molecule has 0 bridgehead atoms. The predicted molar refractivity (Wildman–Crippen MR) is 83.3 cm³/mol. The summed E-state index contributed by atoms with van der Waals surface area (Å²) in [5.41, 5.74) is 5.91. The van der Waals surface area contributed by atoms with Crippen LogP contribution in [0.3, 0.4) is 0 Å². The number of nitrogens with zero attached hydrogens (tertiary/aromatic N) is 1. The standard InChI is InChI=1S/C13H29N3O4S/c1-5-20-8-9-21(18,19)15-10-13(17)16(4)7-6-12(14)11(2)3/h11-12,15H,5-10,14H2,1-4H3. The van der Waals surface area contributed by atoms with Gasteiger partial charge in [-0.05, 0) is 19.3 Å². The Labute approximate surface area is 128 Å². The third-order valence-electron chi connectivity index (χ3n) is 3.22. The van der Waals surface area contributed by atoms with Crippen LogP contribution in [0.25, 0.3) is 0 Å². The zero-order valence-electron chi connectivity index (χ0n) is 13.5. The van der Waals surface area contributed by atoms with Crippen LogP contribution >= 0.6 is 0 Å². The van der Waals surface area contributed by atoms with Gasteiger partial charge in [0.05, 0.1) is 18.9 Å². The van der Waals surface area contributed by atoms with E-state index < -0.39 is 10.0 Å². The Bertz CT molecular complexity index is 398. The summed E-state index contributed by atoms with van der Waals surface area (Å²) < 4.78 is 30.5. The minimum Gasteiger partial charge on any atom is -0.381 e. The number of nitrogens with one attached hydrogen (secondary N) is 1. The van der Waals surface area contributed by atoms with Gasteiger partial charge in [-0.2, -0.15) is 0 Å². The van der Waals surface area contributed by atoms with Crippen LogP contribution < -0.4 is 10.5 Å². The quantitative estimate of drug-likeness (QED) is 0.512. The van der Waals surface area contributed by atoms with Crippen molar-refractivity contribution in [3.8, 4) is 0 Å². The molecule has 21 heavy (non-hydrogen) atoms. The van der Waals surface area contributed by atoms with Gasteiger partial charge in [-0.1, -0.05) is 13.8 Å². The molecule has 0 fully saturated rings. The van der Waals surface area contributed by atoms with Crippen molar-refractivity contribution < 1.29 is 17.9 Å². The third kappa shape index (κ3) is 9.78. The van der Waals surface area contributed by atoms with Gasteiger partial charge in [-0.3, -0.25) is 4.79 Å². The second-order valence-corrected chi connectivity index (χ2v) is 7.28. The van der Waals surface area contributed by atoms with Crippen molar-refractivity contribution >= 4 is 15.9 Å². The van der Waals surface area contributed by atoms with Crippen molar-refractivity contribution in [3.05, 3.63) is 0 Å². The highest BCUT2D eigenvalue weighted by Gasteiger charge is 2.16. The van der Waals surface area contributed by atoms with Gasteiger partial charge in [0.1, 0.15) is 0 Å². The van der Waals surface area contributed by atoms with Crippen molar-refractivity contribution in [2.45, 2.75) is 33.2 Å². The molecule has 1 unspecified atom stereocenters. The maximum atomic E-state index is 11.8. The molecule has 0 heterocycles. The highest BCUT2D eigenvalue weighted by Crippen LogP contribution is 2.03. The second-order valence-electron chi connectivity index (χ2n) is 5.35. The lowest BCUT2D eigenvalue weighted by Gasteiger charge is -2.21. The summed E-state index contributed by atoms with van der Waals surface area (Å²) >= 11 is 0. The Morgan fingerprint density at radius 2 is 2.00 bits per heavy atom. The number of carbonyl (C=O) groups is 1. The van der Waals surface area contributed by atoms with Crippen molar-refractivity contribution in [1.29, 1.82) is 0 Å². The molecule has 0 spiro atoms. The van der Waals surface area contributed by atoms with E-state index >= 15 is 0 Å². The molecule has 0 radical (unpaired) electrons. The molecule has 1 amide bonds. The van der Waals surface area contributed by atoms with Gasteiger partial charge in [0, 0.05) is 26.2 Å². The molecule has 0 aliphatic carbocycles. The summed E-state index contributed by atoms with van der Waals surface area (Å²) in [6.07, 6.45) is 0.691. The maximum Gasteiger partial charge on any atom is 0.237 e. The fourth-order valence-electron chi connectivity index (χ4n) is 1.49. The fourth-order valence-corrected chi connectivity index (χ4v) is 2.32. The first-order valence-electron chi connectivity index (χ1n) is 7.24. The number of ether oxygens (including phenoxy) is 1. The maximum absolute atomic E-state index is 11.8. The number of amides is 1. The van der Waals surface area contributed by atoms with Crippen molar-refractivity contribution in [2.75, 3.05) is 39.1 Å². The van der Waals surface area contributed by atoms with E-state index in [4.69, 9.17) is 10.5 Å². The monoisotopic (exact) mass is 323 g/mol. The molecular weight excluding hydrogens is 294 g/mol. The predicted octanol–water partition coefficient (Wildman–Crippen LogP) is -0.226. The average Bonchev–Trinajstić information content (AvgIpc) is 2.41. The Morgan fingerprint density at radius 1 is 1.38 bits per heavy atom. The van der Waals surface area contributed by atoms with Gasteiger partial charge in [-0.15, -0.1) is 0 Å². The molecule has 0 rings (SSSR count). The molecule has 0 aliphatic heterocycles. The number of rotatable bonds is 11. The van der Waals surface area contributed by atoms with Crippen LogP contribution in [0.4, 0.5) is 0 Å². The average molecular weight is 323 g/mol. The number of carbonyl (C=O) groups excluding carboxylic acids is 1. The molecule has 3 N–H and O–H groups in total. The largest absolute Gasteiger partial charge is 0.381 e. The molecule has 0 saturated heterocycles. The first-order chi connectivity index (χ1) is 9.69. The van der Waals surface area contributed by atoms with E-state index in [0.717, 1.165) is 0 Å². The SMILES string of the molecule is CCOCCS(=O)(=O)NCC(=O)N(C)CCC(N)C(C)C. The summed E-state index contributed by atoms with van der Waals surface area (Å²) in [6.45, 7) is 6.71. The first kappa shape index (κ1) is 20.3. The highest BCUT2D eigenvalue weighted by molar-refractivity contribution is 7.89. The smallest absolute Gasteiger partial charge is 0.237 e. The molecule has 0 aromatic rings. The lowest BCUT2D eigenvalue weighted by Crippen LogP contribution is -2.41. The molecule has 0 saturated carbocycles. The zero-order valence-corrected chi connectivity index (χ0v) is 14.3. The van der Waals surface area contributed by atoms with Gasteiger partial charge in [0.15, 0.2) is 0 Å². The van der Waals surface area contributed by atoms with Crippen LogP contribution in [0.1, 0.15) is 27.2 Å². The van der Waals surface area contributed by atoms with E-state index in [2.05, 4.69) is 4.72 Å². The highest BCUT2D eigenvalue weighted by atomic mass is 32.2. The molecule has 8 heteroatoms. The van der Waals surface area contributed by atoms with Crippen LogP contribution in [0.2, 0.25) is 0 Å². The van der Waals surface area contributed by atoms with E-state index in [1.54, 1.807) is 14.0 Å². The molecule has 126 valence electrons. The number of sulfonamides is 1. The summed E-state index contributed by atoms with van der Waals surface area (Å²) in [4.78, 5) is 13.3. The third-order valence-corrected chi connectivity index (χ3v) is 4.51. The van der Waals surface area contributed by atoms with Gasteiger partial charge < -0.3 is 15.4 Å². The minimum atomic E-state index is -3.47. The van der Waals surface area contributed by atoms with Crippen LogP contribution in [0.15, 0.2) is 0 Å². The lowest BCUT2D eigenvalue weighted by atomic mass is 10.0. The molecule has 0 aromatic heterocycles. The number of nitrogens with two attached hydrogens (primary N) is 1. The Morgan fingerprint density at radius 3 is 2.52 bits per heavy atom. The molecule has 0 aliphatic rings. The van der Waals surface area contributed by atoms with E-state index in [9.17, 15) is 13.2 Å². The summed E-state index contributed by atoms with van der Waals surface area (Å²) in [5.74, 6) is -0.0627. The normalized spacial score (nSPS) is 13.4. The topological polar surface area (TPSA) is 102 Å². The number of hydrogen-bond acceptors (Lipinski definition) is 5. The lowest BCUT2D eigenvalue weighted by molar-refractivity contribution is -0.128. The van der Waals surface area contributed by atoms with E-state index in [1.165, 1.54) is 4.90 Å². The van der Waals surface area contributed by atoms with E-state index in [0.29, 0.717) is 25.5 Å².